The number of anilines is 1. The molecule has 0 aliphatic heterocycles. The van der Waals surface area contributed by atoms with Crippen molar-refractivity contribution in [2.45, 2.75) is 77.7 Å². The van der Waals surface area contributed by atoms with Gasteiger partial charge in [-0.2, -0.15) is 10.2 Å². The van der Waals surface area contributed by atoms with Crippen molar-refractivity contribution in [2.75, 3.05) is 18.0 Å². The molecule has 0 bridgehead atoms. The van der Waals surface area contributed by atoms with Crippen molar-refractivity contribution < 1.29 is 4.92 Å². The van der Waals surface area contributed by atoms with Gasteiger partial charge in [-0.05, 0) is 68.3 Å². The van der Waals surface area contributed by atoms with Crippen molar-refractivity contribution in [1.82, 2.24) is 4.57 Å². The van der Waals surface area contributed by atoms with Gasteiger partial charge in [0.15, 0.2) is 0 Å². The van der Waals surface area contributed by atoms with E-state index < -0.39 is 4.92 Å². The molecule has 0 fully saturated rings. The van der Waals surface area contributed by atoms with Gasteiger partial charge in [0.25, 0.3) is 5.69 Å². The number of nitro groups is 1. The number of para-hydroxylation sites is 2. The first-order valence-electron chi connectivity index (χ1n) is 16.6. The van der Waals surface area contributed by atoms with Gasteiger partial charge < -0.3 is 9.47 Å². The van der Waals surface area contributed by atoms with Crippen LogP contribution in [0, 0.1) is 10.1 Å². The first-order valence-corrected chi connectivity index (χ1v) is 16.6. The first kappa shape index (κ1) is 31.9. The summed E-state index contributed by atoms with van der Waals surface area (Å²) in [5.74, 6) is 0. The van der Waals surface area contributed by atoms with Crippen LogP contribution in [-0.4, -0.2) is 22.6 Å². The summed E-state index contributed by atoms with van der Waals surface area (Å²) in [4.78, 5) is 12.8. The Balaban J connectivity index is 0.923. The summed E-state index contributed by atoms with van der Waals surface area (Å²) in [5, 5.41) is 22.0. The Morgan fingerprint density at radius 3 is 1.60 bits per heavy atom. The summed E-state index contributed by atoms with van der Waals surface area (Å²) in [6, 6.07) is 31.8. The average Bonchev–Trinajstić information content (AvgIpc) is 3.40. The van der Waals surface area contributed by atoms with Crippen LogP contribution in [0.3, 0.4) is 0 Å². The highest BCUT2D eigenvalue weighted by atomic mass is 16.6. The van der Waals surface area contributed by atoms with Gasteiger partial charge in [-0.1, -0.05) is 87.8 Å². The molecule has 1 heterocycles. The first-order chi connectivity index (χ1) is 22.1. The smallest absolute Gasteiger partial charge is 0.269 e. The van der Waals surface area contributed by atoms with Gasteiger partial charge in [0, 0.05) is 59.3 Å². The number of benzene rings is 4. The number of hydrogen-bond donors (Lipinski definition) is 0. The monoisotopic (exact) mass is 603 g/mol. The molecule has 234 valence electrons. The molecule has 0 saturated heterocycles. The van der Waals surface area contributed by atoms with E-state index in [1.165, 1.54) is 104 Å². The molecule has 0 radical (unpaired) electrons. The molecule has 0 aliphatic rings. The van der Waals surface area contributed by atoms with Crippen LogP contribution >= 0.6 is 0 Å². The topological polar surface area (TPSA) is 76.0 Å². The predicted molar refractivity (Wildman–Crippen MR) is 187 cm³/mol. The van der Waals surface area contributed by atoms with Crippen LogP contribution in [0.15, 0.2) is 107 Å². The van der Waals surface area contributed by atoms with E-state index in [1.807, 2.05) is 12.1 Å². The molecule has 0 amide bonds. The third-order valence-electron chi connectivity index (χ3n) is 8.68. The lowest BCUT2D eigenvalue weighted by atomic mass is 10.1. The normalized spacial score (nSPS) is 11.6. The Labute approximate surface area is 266 Å². The molecule has 4 aromatic carbocycles. The molecule has 0 spiro atoms. The van der Waals surface area contributed by atoms with Gasteiger partial charge in [0.1, 0.15) is 0 Å². The van der Waals surface area contributed by atoms with E-state index in [4.69, 9.17) is 0 Å². The Hall–Kier alpha value is -4.52. The Morgan fingerprint density at radius 2 is 1.09 bits per heavy atom. The van der Waals surface area contributed by atoms with Crippen molar-refractivity contribution in [3.8, 4) is 0 Å². The van der Waals surface area contributed by atoms with Crippen LogP contribution in [0.2, 0.25) is 0 Å². The largest absolute Gasteiger partial charge is 0.372 e. The zero-order valence-electron chi connectivity index (χ0n) is 26.5. The second kappa shape index (κ2) is 16.5. The number of nitro benzene ring substituents is 1. The SMILES string of the molecule is CCN(CCCCCCCCCCCCn1c2ccccc2c2ccccc21)c1ccc(N=Nc2ccc([N+](=O)[O-])cc2)cc1. The fourth-order valence-corrected chi connectivity index (χ4v) is 6.19. The number of aromatic nitrogens is 1. The maximum Gasteiger partial charge on any atom is 0.269 e. The van der Waals surface area contributed by atoms with E-state index in [0.717, 1.165) is 25.3 Å². The number of nitrogens with zero attached hydrogens (tertiary/aromatic N) is 5. The fourth-order valence-electron chi connectivity index (χ4n) is 6.19. The lowest BCUT2D eigenvalue weighted by molar-refractivity contribution is -0.384. The van der Waals surface area contributed by atoms with E-state index in [1.54, 1.807) is 12.1 Å². The molecule has 7 nitrogen and oxygen atoms in total. The minimum absolute atomic E-state index is 0.0480. The third-order valence-corrected chi connectivity index (χ3v) is 8.68. The molecule has 5 aromatic rings. The number of aryl methyl sites for hydroxylation is 1. The summed E-state index contributed by atoms with van der Waals surface area (Å²) >= 11 is 0. The predicted octanol–water partition coefficient (Wildman–Crippen LogP) is 11.5. The van der Waals surface area contributed by atoms with Crippen molar-refractivity contribution in [2.24, 2.45) is 10.2 Å². The van der Waals surface area contributed by atoms with Crippen LogP contribution < -0.4 is 4.90 Å². The average molecular weight is 604 g/mol. The molecule has 0 unspecified atom stereocenters. The van der Waals surface area contributed by atoms with E-state index in [0.29, 0.717) is 5.69 Å². The number of rotatable bonds is 18. The van der Waals surface area contributed by atoms with Gasteiger partial charge in [-0.15, -0.1) is 0 Å². The molecular weight excluding hydrogens is 558 g/mol. The van der Waals surface area contributed by atoms with Gasteiger partial charge in [0.05, 0.1) is 16.3 Å². The quantitative estimate of drug-likeness (QED) is 0.0432. The summed E-state index contributed by atoms with van der Waals surface area (Å²) in [6.45, 7) is 5.33. The minimum atomic E-state index is -0.419. The molecule has 0 atom stereocenters. The van der Waals surface area contributed by atoms with Gasteiger partial charge in [0.2, 0.25) is 0 Å². The third kappa shape index (κ3) is 8.78. The number of hydrogen-bond acceptors (Lipinski definition) is 5. The van der Waals surface area contributed by atoms with Crippen molar-refractivity contribution in [3.63, 3.8) is 0 Å². The highest BCUT2D eigenvalue weighted by molar-refractivity contribution is 6.07. The molecule has 7 heteroatoms. The molecule has 1 aromatic heterocycles. The highest BCUT2D eigenvalue weighted by Gasteiger charge is 2.09. The minimum Gasteiger partial charge on any atom is -0.372 e. The zero-order chi connectivity index (χ0) is 31.3. The number of unbranched alkanes of at least 4 members (excludes halogenated alkanes) is 9. The Bertz CT molecular complexity index is 1620. The molecule has 0 aliphatic carbocycles. The Morgan fingerprint density at radius 1 is 0.622 bits per heavy atom. The second-order valence-corrected chi connectivity index (χ2v) is 11.8. The van der Waals surface area contributed by atoms with Crippen LogP contribution in [0.25, 0.3) is 21.8 Å². The van der Waals surface area contributed by atoms with E-state index in [2.05, 4.69) is 87.3 Å². The standard InChI is InChI=1S/C38H45N5O2/c1-2-41(33-25-21-31(22-26-33)39-40-32-23-27-34(28-24-32)43(44)45)29-15-9-7-5-3-4-6-8-10-16-30-42-37-19-13-11-17-35(37)36-18-12-14-20-38(36)42/h11-14,17-28H,2-10,15-16,29-30H2,1H3. The summed E-state index contributed by atoms with van der Waals surface area (Å²) in [5.41, 5.74) is 5.32. The summed E-state index contributed by atoms with van der Waals surface area (Å²) in [6.07, 6.45) is 13.1. The lowest BCUT2D eigenvalue weighted by Crippen LogP contribution is -2.23. The molecule has 5 rings (SSSR count). The lowest BCUT2D eigenvalue weighted by Gasteiger charge is -2.23. The van der Waals surface area contributed by atoms with Crippen molar-refractivity contribution in [3.05, 3.63) is 107 Å². The maximum absolute atomic E-state index is 10.8. The molecule has 0 saturated carbocycles. The van der Waals surface area contributed by atoms with Gasteiger partial charge >= 0.3 is 0 Å². The molecule has 45 heavy (non-hydrogen) atoms. The fraction of sp³-hybridized carbons (Fsp3) is 0.368. The highest BCUT2D eigenvalue weighted by Crippen LogP contribution is 2.29. The van der Waals surface area contributed by atoms with Crippen LogP contribution in [0.5, 0.6) is 0 Å². The van der Waals surface area contributed by atoms with Crippen molar-refractivity contribution >= 4 is 44.6 Å². The van der Waals surface area contributed by atoms with Crippen LogP contribution in [0.1, 0.15) is 71.1 Å². The van der Waals surface area contributed by atoms with E-state index >= 15 is 0 Å². The van der Waals surface area contributed by atoms with Gasteiger partial charge in [-0.3, -0.25) is 10.1 Å². The van der Waals surface area contributed by atoms with Crippen LogP contribution in [-0.2, 0) is 6.54 Å². The van der Waals surface area contributed by atoms with E-state index in [-0.39, 0.29) is 5.69 Å². The second-order valence-electron chi connectivity index (χ2n) is 11.8. The van der Waals surface area contributed by atoms with Crippen molar-refractivity contribution in [1.29, 1.82) is 0 Å². The number of non-ortho nitro benzene ring substituents is 1. The molecule has 0 N–H and O–H groups in total. The summed E-state index contributed by atoms with van der Waals surface area (Å²) in [7, 11) is 0. The zero-order valence-corrected chi connectivity index (χ0v) is 26.5. The number of fused-ring (bicyclic) bond motifs is 3. The maximum atomic E-state index is 10.8. The van der Waals surface area contributed by atoms with E-state index in [9.17, 15) is 10.1 Å². The molecular formula is C38H45N5O2. The van der Waals surface area contributed by atoms with Gasteiger partial charge in [-0.25, -0.2) is 0 Å². The number of azo groups is 1. The van der Waals surface area contributed by atoms with Crippen LogP contribution in [0.4, 0.5) is 22.7 Å². The Kier molecular flexibility index (Phi) is 11.7. The summed E-state index contributed by atoms with van der Waals surface area (Å²) < 4.78 is 2.51.